The first-order valence-corrected chi connectivity index (χ1v) is 8.61. The number of unbranched alkanes of at least 4 members (excludes halogenated alkanes) is 1. The number of nitrogens with one attached hydrogen (secondary N) is 2. The molecule has 1 heterocycles. The Bertz CT molecular complexity index is 757. The molecule has 1 atom stereocenters. The van der Waals surface area contributed by atoms with Gasteiger partial charge in [0.25, 0.3) is 5.69 Å². The van der Waals surface area contributed by atoms with Gasteiger partial charge in [-0.3, -0.25) is 10.1 Å². The fourth-order valence-electron chi connectivity index (χ4n) is 2.87. The van der Waals surface area contributed by atoms with E-state index in [1.165, 1.54) is 6.07 Å². The number of benzene rings is 1. The van der Waals surface area contributed by atoms with E-state index in [4.69, 9.17) is 4.74 Å². The molecule has 0 saturated heterocycles. The van der Waals surface area contributed by atoms with Crippen molar-refractivity contribution in [2.45, 2.75) is 46.1 Å². The molecule has 140 valence electrons. The summed E-state index contributed by atoms with van der Waals surface area (Å²) in [7, 11) is 0. The molecular weight excluding hydrogens is 338 g/mol. The van der Waals surface area contributed by atoms with Crippen molar-refractivity contribution < 1.29 is 19.2 Å². The molecule has 0 bridgehead atoms. The molecule has 0 radical (unpaired) electrons. The molecular formula is C18H23N3O5. The van der Waals surface area contributed by atoms with Gasteiger partial charge in [0, 0.05) is 17.3 Å². The summed E-state index contributed by atoms with van der Waals surface area (Å²) in [4.78, 5) is 35.4. The maximum Gasteiger partial charge on any atom is 0.338 e. The van der Waals surface area contributed by atoms with Gasteiger partial charge in [-0.2, -0.15) is 0 Å². The number of urea groups is 1. The van der Waals surface area contributed by atoms with Crippen molar-refractivity contribution in [2.24, 2.45) is 0 Å². The number of hydrogen-bond acceptors (Lipinski definition) is 5. The minimum absolute atomic E-state index is 0.0615. The number of nitro groups is 1. The van der Waals surface area contributed by atoms with Gasteiger partial charge < -0.3 is 15.4 Å². The van der Waals surface area contributed by atoms with Crippen LogP contribution in [0.2, 0.25) is 0 Å². The van der Waals surface area contributed by atoms with Gasteiger partial charge in [0.05, 0.1) is 23.1 Å². The Labute approximate surface area is 151 Å². The Hall–Kier alpha value is -2.90. The van der Waals surface area contributed by atoms with E-state index in [0.29, 0.717) is 23.2 Å². The third kappa shape index (κ3) is 4.19. The zero-order valence-corrected chi connectivity index (χ0v) is 15.1. The summed E-state index contributed by atoms with van der Waals surface area (Å²) >= 11 is 0. The number of amides is 2. The van der Waals surface area contributed by atoms with Gasteiger partial charge in [0.15, 0.2) is 0 Å². The topological polar surface area (TPSA) is 111 Å². The van der Waals surface area contributed by atoms with E-state index in [-0.39, 0.29) is 17.9 Å². The van der Waals surface area contributed by atoms with Crippen LogP contribution in [0.5, 0.6) is 0 Å². The van der Waals surface area contributed by atoms with Crippen LogP contribution >= 0.6 is 0 Å². The molecule has 2 amide bonds. The normalized spacial score (nSPS) is 16.7. The zero-order valence-electron chi connectivity index (χ0n) is 15.1. The summed E-state index contributed by atoms with van der Waals surface area (Å²) in [5.74, 6) is -0.542. The van der Waals surface area contributed by atoms with Crippen molar-refractivity contribution in [2.75, 3.05) is 6.61 Å². The number of esters is 1. The summed E-state index contributed by atoms with van der Waals surface area (Å²) in [5.41, 5.74) is 1.70. The Kier molecular flexibility index (Phi) is 6.32. The second-order valence-corrected chi connectivity index (χ2v) is 6.05. The maximum atomic E-state index is 12.5. The number of hydrogen-bond donors (Lipinski definition) is 2. The monoisotopic (exact) mass is 361 g/mol. The van der Waals surface area contributed by atoms with E-state index in [9.17, 15) is 19.7 Å². The zero-order chi connectivity index (χ0) is 19.3. The van der Waals surface area contributed by atoms with Gasteiger partial charge in [-0.1, -0.05) is 25.5 Å². The molecule has 26 heavy (non-hydrogen) atoms. The number of nitrogens with zero attached hydrogens (tertiary/aromatic N) is 1. The first kappa shape index (κ1) is 19.4. The lowest BCUT2D eigenvalue weighted by molar-refractivity contribution is -0.385. The molecule has 0 fully saturated rings. The van der Waals surface area contributed by atoms with E-state index >= 15 is 0 Å². The van der Waals surface area contributed by atoms with Crippen LogP contribution in [0.4, 0.5) is 10.5 Å². The smallest absolute Gasteiger partial charge is 0.338 e. The molecule has 2 rings (SSSR count). The molecule has 0 spiro atoms. The van der Waals surface area contributed by atoms with Crippen LogP contribution in [0.15, 0.2) is 29.5 Å². The molecule has 0 aliphatic carbocycles. The van der Waals surface area contributed by atoms with Crippen LogP contribution in [0, 0.1) is 17.0 Å². The third-order valence-electron chi connectivity index (χ3n) is 4.19. The molecule has 2 N–H and O–H groups in total. The summed E-state index contributed by atoms with van der Waals surface area (Å²) < 4.78 is 5.16. The van der Waals surface area contributed by atoms with Gasteiger partial charge in [-0.25, -0.2) is 9.59 Å². The minimum atomic E-state index is -0.797. The lowest BCUT2D eigenvalue weighted by Gasteiger charge is -2.29. The molecule has 0 aromatic heterocycles. The summed E-state index contributed by atoms with van der Waals surface area (Å²) in [6.45, 7) is 5.54. The number of allylic oxidation sites excluding steroid dienone is 1. The lowest BCUT2D eigenvalue weighted by Crippen LogP contribution is -2.46. The summed E-state index contributed by atoms with van der Waals surface area (Å²) in [5, 5.41) is 16.6. The highest BCUT2D eigenvalue weighted by Gasteiger charge is 2.34. The maximum absolute atomic E-state index is 12.5. The number of nitro benzene ring substituents is 1. The van der Waals surface area contributed by atoms with E-state index in [1.54, 1.807) is 26.0 Å². The van der Waals surface area contributed by atoms with E-state index < -0.39 is 23.0 Å². The van der Waals surface area contributed by atoms with E-state index in [2.05, 4.69) is 10.6 Å². The van der Waals surface area contributed by atoms with Crippen LogP contribution in [0.1, 0.15) is 50.3 Å². The van der Waals surface area contributed by atoms with Crippen molar-refractivity contribution in [3.8, 4) is 0 Å². The van der Waals surface area contributed by atoms with Crippen molar-refractivity contribution in [3.63, 3.8) is 0 Å². The number of aryl methyl sites for hydroxylation is 1. The second kappa shape index (κ2) is 8.46. The van der Waals surface area contributed by atoms with Crippen LogP contribution < -0.4 is 10.6 Å². The number of carbonyl (C=O) groups excluding carboxylic acids is 2. The Morgan fingerprint density at radius 1 is 1.35 bits per heavy atom. The third-order valence-corrected chi connectivity index (χ3v) is 4.19. The predicted octanol–water partition coefficient (Wildman–Crippen LogP) is 3.26. The highest BCUT2D eigenvalue weighted by atomic mass is 16.6. The van der Waals surface area contributed by atoms with Crippen LogP contribution in [0.25, 0.3) is 0 Å². The average Bonchev–Trinajstić information content (AvgIpc) is 2.59. The minimum Gasteiger partial charge on any atom is -0.463 e. The largest absolute Gasteiger partial charge is 0.463 e. The average molecular weight is 361 g/mol. The fraction of sp³-hybridized carbons (Fsp3) is 0.444. The quantitative estimate of drug-likeness (QED) is 0.440. The molecule has 1 aromatic carbocycles. The van der Waals surface area contributed by atoms with Gasteiger partial charge in [0.2, 0.25) is 0 Å². The van der Waals surface area contributed by atoms with Crippen molar-refractivity contribution in [3.05, 3.63) is 50.7 Å². The van der Waals surface area contributed by atoms with Crippen molar-refractivity contribution >= 4 is 17.7 Å². The summed E-state index contributed by atoms with van der Waals surface area (Å²) in [6, 6.07) is 3.43. The molecule has 1 aliphatic heterocycles. The molecule has 1 aliphatic rings. The van der Waals surface area contributed by atoms with Gasteiger partial charge in [0.1, 0.15) is 0 Å². The van der Waals surface area contributed by atoms with Crippen LogP contribution in [-0.4, -0.2) is 23.5 Å². The predicted molar refractivity (Wildman–Crippen MR) is 95.4 cm³/mol. The van der Waals surface area contributed by atoms with Crippen LogP contribution in [0.3, 0.4) is 0 Å². The van der Waals surface area contributed by atoms with Gasteiger partial charge in [-0.05, 0) is 32.3 Å². The van der Waals surface area contributed by atoms with Crippen molar-refractivity contribution in [1.82, 2.24) is 10.6 Å². The van der Waals surface area contributed by atoms with Crippen molar-refractivity contribution in [1.29, 1.82) is 0 Å². The first-order valence-electron chi connectivity index (χ1n) is 8.61. The van der Waals surface area contributed by atoms with Crippen LogP contribution in [-0.2, 0) is 9.53 Å². The molecule has 8 heteroatoms. The molecule has 8 nitrogen and oxygen atoms in total. The standard InChI is InChI=1S/C18H23N3O5/c1-4-6-7-13-15(17(22)26-5-2)16(20-18(23)19-13)12-9-8-11(3)14(10-12)21(24)25/h8-10,16H,4-7H2,1-3H3,(H2,19,20,23). The highest BCUT2D eigenvalue weighted by molar-refractivity contribution is 5.95. The molecule has 1 aromatic rings. The Morgan fingerprint density at radius 3 is 2.69 bits per heavy atom. The van der Waals surface area contributed by atoms with Gasteiger partial charge >= 0.3 is 12.0 Å². The van der Waals surface area contributed by atoms with E-state index in [0.717, 1.165) is 12.8 Å². The number of rotatable bonds is 7. The molecule has 1 unspecified atom stereocenters. The van der Waals surface area contributed by atoms with Gasteiger partial charge in [-0.15, -0.1) is 0 Å². The summed E-state index contributed by atoms with van der Waals surface area (Å²) in [6.07, 6.45) is 2.20. The number of ether oxygens (including phenoxy) is 1. The Balaban J connectivity index is 2.55. The Morgan fingerprint density at radius 2 is 2.08 bits per heavy atom. The lowest BCUT2D eigenvalue weighted by atomic mass is 9.92. The SMILES string of the molecule is CCCCC1=C(C(=O)OCC)C(c2ccc(C)c([N+](=O)[O-])c2)NC(=O)N1. The molecule has 0 saturated carbocycles. The second-order valence-electron chi connectivity index (χ2n) is 6.05. The highest BCUT2D eigenvalue weighted by Crippen LogP contribution is 2.32. The number of carbonyl (C=O) groups is 2. The first-order chi connectivity index (χ1) is 12.4. The fourth-order valence-corrected chi connectivity index (χ4v) is 2.87. The van der Waals surface area contributed by atoms with E-state index in [1.807, 2.05) is 6.92 Å².